The minimum Gasteiger partial charge on any atom is -0.479 e. The number of para-hydroxylation sites is 2. The zero-order chi connectivity index (χ0) is 15.2. The molecule has 0 spiro atoms. The van der Waals surface area contributed by atoms with Crippen molar-refractivity contribution in [3.05, 3.63) is 59.1 Å². The van der Waals surface area contributed by atoms with Crippen molar-refractivity contribution in [2.45, 2.75) is 26.4 Å². The second-order valence-electron chi connectivity index (χ2n) is 4.75. The number of hydrogen-bond donors (Lipinski definition) is 1. The van der Waals surface area contributed by atoms with E-state index in [1.54, 1.807) is 12.1 Å². The quantitative estimate of drug-likeness (QED) is 0.886. The summed E-state index contributed by atoms with van der Waals surface area (Å²) in [6.45, 7) is 3.85. The molecule has 0 aliphatic heterocycles. The van der Waals surface area contributed by atoms with Crippen LogP contribution < -0.4 is 10.1 Å². The van der Waals surface area contributed by atoms with Crippen LogP contribution in [0.25, 0.3) is 0 Å². The van der Waals surface area contributed by atoms with E-state index in [1.165, 1.54) is 0 Å². The summed E-state index contributed by atoms with van der Waals surface area (Å²) in [6.07, 6.45) is -0.0207. The highest BCUT2D eigenvalue weighted by Gasteiger charge is 2.19. The monoisotopic (exact) mass is 303 g/mol. The molecule has 1 atom stereocenters. The first-order chi connectivity index (χ1) is 10.1. The molecule has 0 saturated heterocycles. The zero-order valence-corrected chi connectivity index (χ0v) is 12.9. The van der Waals surface area contributed by atoms with Crippen molar-refractivity contribution in [3.8, 4) is 5.75 Å². The molecule has 110 valence electrons. The predicted octanol–water partition coefficient (Wildman–Crippen LogP) is 4.44. The third kappa shape index (κ3) is 3.99. The van der Waals surface area contributed by atoms with E-state index in [0.29, 0.717) is 17.2 Å². The van der Waals surface area contributed by atoms with Crippen molar-refractivity contribution in [1.82, 2.24) is 0 Å². The van der Waals surface area contributed by atoms with Crippen molar-refractivity contribution in [1.29, 1.82) is 0 Å². The maximum absolute atomic E-state index is 12.3. The van der Waals surface area contributed by atoms with Gasteiger partial charge in [-0.3, -0.25) is 4.79 Å². The molecule has 0 aliphatic rings. The van der Waals surface area contributed by atoms with Crippen LogP contribution in [-0.4, -0.2) is 12.0 Å². The summed E-state index contributed by atoms with van der Waals surface area (Å²) in [5, 5.41) is 3.39. The molecule has 0 aliphatic carbocycles. The van der Waals surface area contributed by atoms with Crippen molar-refractivity contribution in [2.75, 3.05) is 5.32 Å². The lowest BCUT2D eigenvalue weighted by Crippen LogP contribution is -2.32. The van der Waals surface area contributed by atoms with Crippen molar-refractivity contribution < 1.29 is 9.53 Å². The van der Waals surface area contributed by atoms with Crippen LogP contribution in [0.2, 0.25) is 5.02 Å². The highest BCUT2D eigenvalue weighted by Crippen LogP contribution is 2.25. The van der Waals surface area contributed by atoms with Gasteiger partial charge in [0.25, 0.3) is 5.91 Å². The Morgan fingerprint density at radius 2 is 1.86 bits per heavy atom. The molecule has 21 heavy (non-hydrogen) atoms. The van der Waals surface area contributed by atoms with Crippen LogP contribution in [0.3, 0.4) is 0 Å². The van der Waals surface area contributed by atoms with Gasteiger partial charge in [0, 0.05) is 5.69 Å². The maximum Gasteiger partial charge on any atom is 0.265 e. The Bertz CT molecular complexity index is 628. The second-order valence-corrected chi connectivity index (χ2v) is 5.16. The average molecular weight is 304 g/mol. The zero-order valence-electron chi connectivity index (χ0n) is 12.1. The molecular formula is C17H18ClNO2. The van der Waals surface area contributed by atoms with Gasteiger partial charge in [-0.25, -0.2) is 0 Å². The van der Waals surface area contributed by atoms with Crippen LogP contribution in [0.4, 0.5) is 5.69 Å². The summed E-state index contributed by atoms with van der Waals surface area (Å²) in [7, 11) is 0. The first-order valence-electron chi connectivity index (χ1n) is 6.89. The van der Waals surface area contributed by atoms with Gasteiger partial charge in [0.2, 0.25) is 0 Å². The number of amides is 1. The van der Waals surface area contributed by atoms with E-state index in [-0.39, 0.29) is 5.91 Å². The highest BCUT2D eigenvalue weighted by molar-refractivity contribution is 6.32. The largest absolute Gasteiger partial charge is 0.479 e. The molecule has 0 heterocycles. The summed E-state index contributed by atoms with van der Waals surface area (Å²) in [5.41, 5.74) is 1.81. The van der Waals surface area contributed by atoms with Crippen LogP contribution in [0, 0.1) is 6.92 Å². The first-order valence-corrected chi connectivity index (χ1v) is 7.27. The van der Waals surface area contributed by atoms with Crippen molar-refractivity contribution in [2.24, 2.45) is 0 Å². The van der Waals surface area contributed by atoms with E-state index >= 15 is 0 Å². The number of benzene rings is 2. The number of carbonyl (C=O) groups excluding carboxylic acids is 1. The minimum atomic E-state index is -0.579. The fourth-order valence-corrected chi connectivity index (χ4v) is 2.12. The van der Waals surface area contributed by atoms with Crippen LogP contribution in [0.15, 0.2) is 48.5 Å². The van der Waals surface area contributed by atoms with Crippen LogP contribution >= 0.6 is 11.6 Å². The molecule has 2 aromatic rings. The molecule has 2 aromatic carbocycles. The standard InChI is InChI=1S/C17H18ClNO2/c1-3-15(21-16-11-7-5-9-13(16)18)17(20)19-14-10-6-4-8-12(14)2/h4-11,15H,3H2,1-2H3,(H,19,20)/t15-/m0/s1. The van der Waals surface area contributed by atoms with E-state index < -0.39 is 6.10 Å². The van der Waals surface area contributed by atoms with E-state index in [0.717, 1.165) is 11.3 Å². The Morgan fingerprint density at radius 3 is 2.52 bits per heavy atom. The van der Waals surface area contributed by atoms with Gasteiger partial charge < -0.3 is 10.1 Å². The molecule has 2 rings (SSSR count). The summed E-state index contributed by atoms with van der Waals surface area (Å²) in [4.78, 5) is 12.3. The van der Waals surface area contributed by atoms with Gasteiger partial charge in [-0.05, 0) is 37.1 Å². The SMILES string of the molecule is CC[C@H](Oc1ccccc1Cl)C(=O)Nc1ccccc1C. The van der Waals surface area contributed by atoms with Gasteiger partial charge in [-0.2, -0.15) is 0 Å². The Kier molecular flexibility index (Phi) is 5.23. The topological polar surface area (TPSA) is 38.3 Å². The molecular weight excluding hydrogens is 286 g/mol. The van der Waals surface area contributed by atoms with Crippen LogP contribution in [-0.2, 0) is 4.79 Å². The smallest absolute Gasteiger partial charge is 0.265 e. The van der Waals surface area contributed by atoms with E-state index in [1.807, 2.05) is 50.2 Å². The molecule has 0 aromatic heterocycles. The van der Waals surface area contributed by atoms with Gasteiger partial charge in [-0.1, -0.05) is 48.9 Å². The number of ether oxygens (including phenoxy) is 1. The summed E-state index contributed by atoms with van der Waals surface area (Å²) in [6, 6.07) is 14.8. The van der Waals surface area contributed by atoms with Crippen LogP contribution in [0.1, 0.15) is 18.9 Å². The van der Waals surface area contributed by atoms with E-state index in [4.69, 9.17) is 16.3 Å². The number of nitrogens with one attached hydrogen (secondary N) is 1. The molecule has 4 heteroatoms. The molecule has 3 nitrogen and oxygen atoms in total. The number of carbonyl (C=O) groups is 1. The second kappa shape index (κ2) is 7.14. The number of aryl methyl sites for hydroxylation is 1. The lowest BCUT2D eigenvalue weighted by atomic mass is 10.2. The number of halogens is 1. The van der Waals surface area contributed by atoms with Gasteiger partial charge in [0.1, 0.15) is 5.75 Å². The Balaban J connectivity index is 2.09. The number of rotatable bonds is 5. The van der Waals surface area contributed by atoms with Gasteiger partial charge >= 0.3 is 0 Å². The Hall–Kier alpha value is -2.00. The fourth-order valence-electron chi connectivity index (χ4n) is 1.94. The minimum absolute atomic E-state index is 0.174. The molecule has 1 N–H and O–H groups in total. The summed E-state index contributed by atoms with van der Waals surface area (Å²) in [5.74, 6) is 0.345. The molecule has 0 fully saturated rings. The third-order valence-corrected chi connectivity index (χ3v) is 3.48. The normalized spacial score (nSPS) is 11.8. The van der Waals surface area contributed by atoms with E-state index in [2.05, 4.69) is 5.32 Å². The lowest BCUT2D eigenvalue weighted by Gasteiger charge is -2.18. The lowest BCUT2D eigenvalue weighted by molar-refractivity contribution is -0.122. The number of anilines is 1. The predicted molar refractivity (Wildman–Crippen MR) is 86.0 cm³/mol. The van der Waals surface area contributed by atoms with Gasteiger partial charge in [0.05, 0.1) is 5.02 Å². The van der Waals surface area contributed by atoms with E-state index in [9.17, 15) is 4.79 Å². The molecule has 0 unspecified atom stereocenters. The Labute approximate surface area is 129 Å². The maximum atomic E-state index is 12.3. The highest BCUT2D eigenvalue weighted by atomic mass is 35.5. The summed E-state index contributed by atoms with van der Waals surface area (Å²) >= 11 is 6.06. The number of hydrogen-bond acceptors (Lipinski definition) is 2. The molecule has 0 radical (unpaired) electrons. The molecule has 0 bridgehead atoms. The van der Waals surface area contributed by atoms with Crippen LogP contribution in [0.5, 0.6) is 5.75 Å². The van der Waals surface area contributed by atoms with Gasteiger partial charge in [-0.15, -0.1) is 0 Å². The average Bonchev–Trinajstić information content (AvgIpc) is 2.48. The third-order valence-electron chi connectivity index (χ3n) is 3.17. The Morgan fingerprint density at radius 1 is 1.19 bits per heavy atom. The fraction of sp³-hybridized carbons (Fsp3) is 0.235. The summed E-state index contributed by atoms with van der Waals surface area (Å²) < 4.78 is 5.72. The first kappa shape index (κ1) is 15.4. The van der Waals surface area contributed by atoms with Crippen molar-refractivity contribution in [3.63, 3.8) is 0 Å². The molecule has 1 amide bonds. The van der Waals surface area contributed by atoms with Crippen molar-refractivity contribution >= 4 is 23.2 Å². The molecule has 0 saturated carbocycles. The van der Waals surface area contributed by atoms with Gasteiger partial charge in [0.15, 0.2) is 6.10 Å².